The van der Waals surface area contributed by atoms with Gasteiger partial charge in [-0.2, -0.15) is 0 Å². The summed E-state index contributed by atoms with van der Waals surface area (Å²) in [6, 6.07) is 0. The van der Waals surface area contributed by atoms with Gasteiger partial charge in [-0.15, -0.1) is 35.3 Å². The molecule has 5 nitrogen and oxygen atoms in total. The maximum absolute atomic E-state index is 5.26. The fourth-order valence-corrected chi connectivity index (χ4v) is 2.39. The molecule has 0 spiro atoms. The van der Waals surface area contributed by atoms with Crippen LogP contribution in [0.1, 0.15) is 30.7 Å². The molecule has 1 unspecified atom stereocenters. The molecule has 0 aromatic carbocycles. The molecule has 1 rings (SSSR count). The van der Waals surface area contributed by atoms with Crippen molar-refractivity contribution < 1.29 is 4.74 Å². The van der Waals surface area contributed by atoms with Crippen LogP contribution in [0, 0.1) is 0 Å². The van der Waals surface area contributed by atoms with Gasteiger partial charge in [0, 0.05) is 33.1 Å². The highest BCUT2D eigenvalue weighted by molar-refractivity contribution is 14.0. The number of aliphatic imine (C=N–C) groups is 1. The number of guanidine groups is 1. The van der Waals surface area contributed by atoms with Gasteiger partial charge in [-0.3, -0.25) is 4.99 Å². The van der Waals surface area contributed by atoms with Crippen LogP contribution >= 0.6 is 35.3 Å². The van der Waals surface area contributed by atoms with E-state index in [1.54, 1.807) is 25.5 Å². The lowest BCUT2D eigenvalue weighted by molar-refractivity contribution is 0.119. The Morgan fingerprint density at radius 3 is 2.84 bits per heavy atom. The maximum atomic E-state index is 5.26. The summed E-state index contributed by atoms with van der Waals surface area (Å²) < 4.78 is 5.26. The summed E-state index contributed by atoms with van der Waals surface area (Å²) in [6.07, 6.45) is 0.0575. The fourth-order valence-electron chi connectivity index (χ4n) is 1.54. The molecule has 1 aromatic rings. The predicted octanol–water partition coefficient (Wildman–Crippen LogP) is 2.50. The zero-order valence-electron chi connectivity index (χ0n) is 12.1. The van der Waals surface area contributed by atoms with Gasteiger partial charge in [-0.1, -0.05) is 0 Å². The molecule has 1 atom stereocenters. The van der Waals surface area contributed by atoms with Crippen molar-refractivity contribution in [2.45, 2.75) is 26.5 Å². The highest BCUT2D eigenvalue weighted by atomic mass is 127. The first-order valence-corrected chi connectivity index (χ1v) is 6.89. The van der Waals surface area contributed by atoms with E-state index < -0.39 is 0 Å². The van der Waals surface area contributed by atoms with Crippen LogP contribution in [0.3, 0.4) is 0 Å². The summed E-state index contributed by atoms with van der Waals surface area (Å²) in [5, 5.41) is 6.30. The lowest BCUT2D eigenvalue weighted by atomic mass is 10.4. The van der Waals surface area contributed by atoms with E-state index in [-0.39, 0.29) is 30.1 Å². The fraction of sp³-hybridized carbons (Fsp3) is 0.667. The van der Waals surface area contributed by atoms with E-state index in [1.807, 2.05) is 14.0 Å². The number of ether oxygens (including phenoxy) is 1. The minimum atomic E-state index is 0. The van der Waals surface area contributed by atoms with E-state index in [9.17, 15) is 0 Å². The van der Waals surface area contributed by atoms with Crippen LogP contribution in [0.15, 0.2) is 10.4 Å². The largest absolute Gasteiger partial charge is 0.375 e. The third-order valence-electron chi connectivity index (χ3n) is 2.58. The van der Waals surface area contributed by atoms with E-state index in [0.29, 0.717) is 0 Å². The van der Waals surface area contributed by atoms with Crippen molar-refractivity contribution in [1.29, 1.82) is 0 Å². The molecule has 7 heteroatoms. The number of methoxy groups -OCH3 is 1. The molecule has 0 saturated carbocycles. The molecule has 0 radical (unpaired) electrons. The number of aromatic nitrogens is 1. The van der Waals surface area contributed by atoms with Gasteiger partial charge < -0.3 is 15.0 Å². The average Bonchev–Trinajstić information content (AvgIpc) is 2.83. The summed E-state index contributed by atoms with van der Waals surface area (Å²) in [5.74, 6) is 0.881. The van der Waals surface area contributed by atoms with Gasteiger partial charge >= 0.3 is 0 Å². The van der Waals surface area contributed by atoms with Crippen molar-refractivity contribution in [3.8, 4) is 0 Å². The average molecular weight is 398 g/mol. The van der Waals surface area contributed by atoms with Crippen molar-refractivity contribution >= 4 is 41.3 Å². The van der Waals surface area contributed by atoms with E-state index in [4.69, 9.17) is 4.74 Å². The van der Waals surface area contributed by atoms with Crippen LogP contribution in [-0.2, 0) is 11.3 Å². The van der Waals surface area contributed by atoms with Gasteiger partial charge in [-0.05, 0) is 13.8 Å². The van der Waals surface area contributed by atoms with Crippen molar-refractivity contribution in [2.75, 3.05) is 27.7 Å². The summed E-state index contributed by atoms with van der Waals surface area (Å²) >= 11 is 1.63. The summed E-state index contributed by atoms with van der Waals surface area (Å²) in [6.45, 7) is 5.66. The number of halogens is 1. The number of thiazole rings is 1. The number of nitrogens with zero attached hydrogens (tertiary/aromatic N) is 3. The van der Waals surface area contributed by atoms with E-state index in [2.05, 4.69) is 32.5 Å². The first-order chi connectivity index (χ1) is 8.62. The van der Waals surface area contributed by atoms with Crippen molar-refractivity contribution in [2.24, 2.45) is 4.99 Å². The van der Waals surface area contributed by atoms with E-state index >= 15 is 0 Å². The maximum Gasteiger partial charge on any atom is 0.193 e. The molecule has 0 aliphatic carbocycles. The highest BCUT2D eigenvalue weighted by Crippen LogP contribution is 2.20. The molecule has 0 fully saturated rings. The molecule has 110 valence electrons. The molecular weight excluding hydrogens is 375 g/mol. The second kappa shape index (κ2) is 9.49. The summed E-state index contributed by atoms with van der Waals surface area (Å²) in [5.41, 5.74) is 1.04. The minimum Gasteiger partial charge on any atom is -0.375 e. The molecule has 19 heavy (non-hydrogen) atoms. The third kappa shape index (κ3) is 5.62. The lowest BCUT2D eigenvalue weighted by Gasteiger charge is -2.20. The normalized spacial score (nSPS) is 12.8. The Labute approximate surface area is 136 Å². The van der Waals surface area contributed by atoms with Crippen LogP contribution < -0.4 is 5.32 Å². The van der Waals surface area contributed by atoms with Crippen molar-refractivity contribution in [3.05, 3.63) is 16.1 Å². The van der Waals surface area contributed by atoms with Crippen molar-refractivity contribution in [3.63, 3.8) is 0 Å². The van der Waals surface area contributed by atoms with Crippen LogP contribution in [0.2, 0.25) is 0 Å². The topological polar surface area (TPSA) is 49.8 Å². The molecule has 0 amide bonds. The smallest absolute Gasteiger partial charge is 0.193 e. The number of rotatable bonds is 5. The standard InChI is InChI=1S/C12H22N4OS.HI/c1-6-14-12(13-3)16(4)7-10-8-18-11(15-10)9(2)17-5;/h8-9H,6-7H2,1-5H3,(H,13,14);1H. The highest BCUT2D eigenvalue weighted by Gasteiger charge is 2.12. The SMILES string of the molecule is CCNC(=NC)N(C)Cc1csc(C(C)OC)n1.I. The number of hydrogen-bond donors (Lipinski definition) is 1. The molecule has 0 saturated heterocycles. The minimum absolute atomic E-state index is 0. The van der Waals surface area contributed by atoms with Crippen LogP contribution in [0.25, 0.3) is 0 Å². The van der Waals surface area contributed by atoms with Gasteiger partial charge in [0.15, 0.2) is 5.96 Å². The van der Waals surface area contributed by atoms with Gasteiger partial charge in [0.2, 0.25) is 0 Å². The van der Waals surface area contributed by atoms with Crippen LogP contribution in [0.5, 0.6) is 0 Å². The Morgan fingerprint density at radius 2 is 2.32 bits per heavy atom. The Morgan fingerprint density at radius 1 is 1.63 bits per heavy atom. The van der Waals surface area contributed by atoms with Gasteiger partial charge in [0.25, 0.3) is 0 Å². The molecule has 0 bridgehead atoms. The molecule has 1 aromatic heterocycles. The van der Waals surface area contributed by atoms with Gasteiger partial charge in [0.05, 0.1) is 12.2 Å². The van der Waals surface area contributed by atoms with Gasteiger partial charge in [-0.25, -0.2) is 4.98 Å². The Balaban J connectivity index is 0.00000324. The number of hydrogen-bond acceptors (Lipinski definition) is 4. The molecule has 1 N–H and O–H groups in total. The Kier molecular flexibility index (Phi) is 9.28. The monoisotopic (exact) mass is 398 g/mol. The first kappa shape index (κ1) is 18.6. The summed E-state index contributed by atoms with van der Waals surface area (Å²) in [4.78, 5) is 10.8. The first-order valence-electron chi connectivity index (χ1n) is 6.01. The lowest BCUT2D eigenvalue weighted by Crippen LogP contribution is -2.38. The third-order valence-corrected chi connectivity index (χ3v) is 3.63. The zero-order chi connectivity index (χ0) is 13.5. The summed E-state index contributed by atoms with van der Waals surface area (Å²) in [7, 11) is 5.49. The molecule has 1 heterocycles. The van der Waals surface area contributed by atoms with Crippen LogP contribution in [0.4, 0.5) is 0 Å². The quantitative estimate of drug-likeness (QED) is 0.471. The predicted molar refractivity (Wildman–Crippen MR) is 91.5 cm³/mol. The zero-order valence-corrected chi connectivity index (χ0v) is 15.3. The van der Waals surface area contributed by atoms with Crippen molar-refractivity contribution in [1.82, 2.24) is 15.2 Å². The second-order valence-corrected chi connectivity index (χ2v) is 4.88. The van der Waals surface area contributed by atoms with Crippen LogP contribution in [-0.4, -0.2) is 43.6 Å². The van der Waals surface area contributed by atoms with E-state index in [1.165, 1.54) is 0 Å². The molecule has 0 aliphatic heterocycles. The molecular formula is C12H23IN4OS. The Hall–Kier alpha value is -0.410. The van der Waals surface area contributed by atoms with Gasteiger partial charge in [0.1, 0.15) is 11.1 Å². The molecule has 0 aliphatic rings. The Bertz CT molecular complexity index is 397. The van der Waals surface area contributed by atoms with E-state index in [0.717, 1.165) is 29.8 Å². The second-order valence-electron chi connectivity index (χ2n) is 3.99. The number of nitrogens with one attached hydrogen (secondary N) is 1.